The van der Waals surface area contributed by atoms with Gasteiger partial charge in [-0.05, 0) is 31.7 Å². The van der Waals surface area contributed by atoms with E-state index >= 15 is 0 Å². The summed E-state index contributed by atoms with van der Waals surface area (Å²) >= 11 is 0. The van der Waals surface area contributed by atoms with Crippen LogP contribution in [0.3, 0.4) is 0 Å². The quantitative estimate of drug-likeness (QED) is 0.669. The zero-order chi connectivity index (χ0) is 9.97. The van der Waals surface area contributed by atoms with Crippen molar-refractivity contribution in [1.82, 2.24) is 10.2 Å². The molecule has 2 rings (SSSR count). The molecule has 14 heavy (non-hydrogen) atoms. The molecule has 3 atom stereocenters. The maximum absolute atomic E-state index is 3.81. The third kappa shape index (κ3) is 2.01. The number of fused-ring (bicyclic) bond motifs is 2. The predicted molar refractivity (Wildman–Crippen MR) is 60.4 cm³/mol. The Kier molecular flexibility index (Phi) is 3.24. The van der Waals surface area contributed by atoms with Crippen LogP contribution < -0.4 is 5.32 Å². The van der Waals surface area contributed by atoms with Gasteiger partial charge in [0.2, 0.25) is 0 Å². The van der Waals surface area contributed by atoms with Gasteiger partial charge >= 0.3 is 0 Å². The Morgan fingerprint density at radius 1 is 1.50 bits per heavy atom. The normalized spacial score (nSPS) is 35.4. The highest BCUT2D eigenvalue weighted by Crippen LogP contribution is 2.33. The van der Waals surface area contributed by atoms with E-state index < -0.39 is 0 Å². The molecule has 0 aromatic heterocycles. The third-order valence-electron chi connectivity index (χ3n) is 3.76. The first-order valence-electron chi connectivity index (χ1n) is 5.92. The Morgan fingerprint density at radius 2 is 2.36 bits per heavy atom. The summed E-state index contributed by atoms with van der Waals surface area (Å²) in [7, 11) is 0. The van der Waals surface area contributed by atoms with Gasteiger partial charge in [0.15, 0.2) is 0 Å². The topological polar surface area (TPSA) is 15.3 Å². The van der Waals surface area contributed by atoms with Crippen LogP contribution in [0.5, 0.6) is 0 Å². The van der Waals surface area contributed by atoms with Crippen LogP contribution in [0.1, 0.15) is 26.2 Å². The van der Waals surface area contributed by atoms with E-state index in [0.717, 1.165) is 31.1 Å². The van der Waals surface area contributed by atoms with E-state index in [-0.39, 0.29) is 0 Å². The number of nitrogens with zero attached hydrogens (tertiary/aromatic N) is 1. The Labute approximate surface area is 87.4 Å². The van der Waals surface area contributed by atoms with Crippen LogP contribution in [0.2, 0.25) is 0 Å². The van der Waals surface area contributed by atoms with E-state index in [1.165, 1.54) is 25.8 Å². The molecule has 2 aliphatic heterocycles. The monoisotopic (exact) mass is 194 g/mol. The fourth-order valence-corrected chi connectivity index (χ4v) is 2.99. The minimum atomic E-state index is 0.818. The lowest BCUT2D eigenvalue weighted by Crippen LogP contribution is -2.35. The molecular weight excluding hydrogens is 172 g/mol. The molecule has 0 saturated carbocycles. The molecule has 2 fully saturated rings. The van der Waals surface area contributed by atoms with E-state index in [2.05, 4.69) is 23.7 Å². The van der Waals surface area contributed by atoms with Crippen molar-refractivity contribution in [2.75, 3.05) is 19.6 Å². The van der Waals surface area contributed by atoms with Crippen molar-refractivity contribution in [1.29, 1.82) is 0 Å². The van der Waals surface area contributed by atoms with Crippen molar-refractivity contribution in [3.63, 3.8) is 0 Å². The number of rotatable bonds is 5. The molecule has 2 aliphatic rings. The SMILES string of the molecule is C=CCN(CC)CC1CC2CCC1N2. The molecule has 2 bridgehead atoms. The van der Waals surface area contributed by atoms with E-state index in [9.17, 15) is 0 Å². The van der Waals surface area contributed by atoms with Gasteiger partial charge < -0.3 is 5.32 Å². The minimum absolute atomic E-state index is 0.818. The Bertz CT molecular complexity index is 202. The van der Waals surface area contributed by atoms with Gasteiger partial charge in [-0.3, -0.25) is 4.90 Å². The van der Waals surface area contributed by atoms with Crippen molar-refractivity contribution in [3.05, 3.63) is 12.7 Å². The summed E-state index contributed by atoms with van der Waals surface area (Å²) in [4.78, 5) is 2.50. The fraction of sp³-hybridized carbons (Fsp3) is 0.833. The molecule has 2 heteroatoms. The molecule has 0 aliphatic carbocycles. The zero-order valence-corrected chi connectivity index (χ0v) is 9.21. The molecule has 2 nitrogen and oxygen atoms in total. The van der Waals surface area contributed by atoms with Crippen molar-refractivity contribution >= 4 is 0 Å². The van der Waals surface area contributed by atoms with Crippen LogP contribution in [-0.2, 0) is 0 Å². The molecule has 0 spiro atoms. The van der Waals surface area contributed by atoms with Crippen LogP contribution in [-0.4, -0.2) is 36.6 Å². The summed E-state index contributed by atoms with van der Waals surface area (Å²) in [5, 5.41) is 3.70. The van der Waals surface area contributed by atoms with Crippen molar-refractivity contribution < 1.29 is 0 Å². The highest BCUT2D eigenvalue weighted by Gasteiger charge is 2.39. The van der Waals surface area contributed by atoms with Crippen LogP contribution in [0, 0.1) is 5.92 Å². The van der Waals surface area contributed by atoms with Crippen molar-refractivity contribution in [2.45, 2.75) is 38.3 Å². The summed E-state index contributed by atoms with van der Waals surface area (Å²) in [5.74, 6) is 0.897. The van der Waals surface area contributed by atoms with Crippen LogP contribution in [0.15, 0.2) is 12.7 Å². The molecule has 2 heterocycles. The number of hydrogen-bond acceptors (Lipinski definition) is 2. The molecule has 2 saturated heterocycles. The van der Waals surface area contributed by atoms with Gasteiger partial charge in [-0.25, -0.2) is 0 Å². The molecule has 0 aromatic rings. The second-order valence-corrected chi connectivity index (χ2v) is 4.68. The maximum atomic E-state index is 3.81. The Hall–Kier alpha value is -0.340. The van der Waals surface area contributed by atoms with Crippen LogP contribution in [0.4, 0.5) is 0 Å². The average molecular weight is 194 g/mol. The van der Waals surface area contributed by atoms with Crippen LogP contribution >= 0.6 is 0 Å². The summed E-state index contributed by atoms with van der Waals surface area (Å²) in [6.07, 6.45) is 6.23. The second kappa shape index (κ2) is 4.45. The van der Waals surface area contributed by atoms with Crippen molar-refractivity contribution in [3.8, 4) is 0 Å². The average Bonchev–Trinajstić information content (AvgIpc) is 2.78. The maximum Gasteiger partial charge on any atom is 0.0160 e. The van der Waals surface area contributed by atoms with Gasteiger partial charge in [0.25, 0.3) is 0 Å². The van der Waals surface area contributed by atoms with E-state index in [0.29, 0.717) is 0 Å². The molecule has 3 unspecified atom stereocenters. The lowest BCUT2D eigenvalue weighted by molar-refractivity contribution is 0.238. The first-order chi connectivity index (χ1) is 6.83. The van der Waals surface area contributed by atoms with Gasteiger partial charge in [0.1, 0.15) is 0 Å². The summed E-state index contributed by atoms with van der Waals surface area (Å²) in [5.41, 5.74) is 0. The first kappa shape index (κ1) is 10.2. The van der Waals surface area contributed by atoms with Gasteiger partial charge in [-0.2, -0.15) is 0 Å². The largest absolute Gasteiger partial charge is 0.311 e. The number of likely N-dealkylation sites (N-methyl/N-ethyl adjacent to an activating group) is 1. The van der Waals surface area contributed by atoms with Gasteiger partial charge in [-0.1, -0.05) is 13.0 Å². The fourth-order valence-electron chi connectivity index (χ4n) is 2.99. The predicted octanol–water partition coefficient (Wildman–Crippen LogP) is 1.63. The minimum Gasteiger partial charge on any atom is -0.311 e. The second-order valence-electron chi connectivity index (χ2n) is 4.68. The molecular formula is C12H22N2. The van der Waals surface area contributed by atoms with Gasteiger partial charge in [0, 0.05) is 25.2 Å². The summed E-state index contributed by atoms with van der Waals surface area (Å²) < 4.78 is 0. The zero-order valence-electron chi connectivity index (χ0n) is 9.21. The number of nitrogens with one attached hydrogen (secondary N) is 1. The van der Waals surface area contributed by atoms with E-state index in [4.69, 9.17) is 0 Å². The molecule has 0 amide bonds. The molecule has 0 aromatic carbocycles. The molecule has 80 valence electrons. The highest BCUT2D eigenvalue weighted by molar-refractivity contribution is 4.98. The third-order valence-corrected chi connectivity index (χ3v) is 3.76. The van der Waals surface area contributed by atoms with Crippen molar-refractivity contribution in [2.24, 2.45) is 5.92 Å². The first-order valence-corrected chi connectivity index (χ1v) is 5.92. The summed E-state index contributed by atoms with van der Waals surface area (Å²) in [6, 6.07) is 1.66. The lowest BCUT2D eigenvalue weighted by Gasteiger charge is -2.27. The Balaban J connectivity index is 1.81. The van der Waals surface area contributed by atoms with E-state index in [1.54, 1.807) is 0 Å². The van der Waals surface area contributed by atoms with E-state index in [1.807, 2.05) is 6.08 Å². The molecule has 1 N–H and O–H groups in total. The van der Waals surface area contributed by atoms with Crippen LogP contribution in [0.25, 0.3) is 0 Å². The smallest absolute Gasteiger partial charge is 0.0160 e. The summed E-state index contributed by atoms with van der Waals surface area (Å²) in [6.45, 7) is 9.51. The Morgan fingerprint density at radius 3 is 2.86 bits per heavy atom. The van der Waals surface area contributed by atoms with Gasteiger partial charge in [-0.15, -0.1) is 6.58 Å². The molecule has 0 radical (unpaired) electrons. The standard InChI is InChI=1S/C12H22N2/c1-3-7-14(4-2)9-10-8-11-5-6-12(10)13-11/h3,10-13H,1,4-9H2,2H3. The lowest BCUT2D eigenvalue weighted by atomic mass is 9.89. The van der Waals surface area contributed by atoms with Gasteiger partial charge in [0.05, 0.1) is 0 Å². The number of hydrogen-bond donors (Lipinski definition) is 1. The highest BCUT2D eigenvalue weighted by atomic mass is 15.1.